The Bertz CT molecular complexity index is 677. The topological polar surface area (TPSA) is 54.9 Å². The van der Waals surface area contributed by atoms with Crippen molar-refractivity contribution in [2.75, 3.05) is 12.8 Å². The average molecular weight is 341 g/mol. The smallest absolute Gasteiger partial charge is 0.352 e. The molecule has 0 saturated carbocycles. The Morgan fingerprint density at radius 1 is 1.26 bits per heavy atom. The van der Waals surface area contributed by atoms with E-state index in [9.17, 15) is 18.0 Å². The number of nitrogens with zero attached hydrogens (tertiary/aromatic N) is 2. The van der Waals surface area contributed by atoms with Crippen LogP contribution in [0.2, 0.25) is 0 Å². The molecule has 1 amide bonds. The Hall–Kier alpha value is -2.09. The molecule has 0 aliphatic rings. The van der Waals surface area contributed by atoms with Crippen LogP contribution >= 0.6 is 11.8 Å². The summed E-state index contributed by atoms with van der Waals surface area (Å²) in [7, 11) is 0. The number of halogens is 3. The van der Waals surface area contributed by atoms with Crippen molar-refractivity contribution in [3.05, 3.63) is 53.3 Å². The zero-order valence-corrected chi connectivity index (χ0v) is 13.0. The van der Waals surface area contributed by atoms with Crippen LogP contribution in [0, 0.1) is 0 Å². The summed E-state index contributed by atoms with van der Waals surface area (Å²) in [4.78, 5) is 19.2. The molecule has 4 nitrogen and oxygen atoms in total. The normalized spacial score (nSPS) is 11.3. The molecule has 1 N–H and O–H groups in total. The third-order valence-corrected chi connectivity index (χ3v) is 3.57. The molecule has 0 radical (unpaired) electrons. The number of amides is 1. The number of hydrogen-bond donors (Lipinski definition) is 1. The van der Waals surface area contributed by atoms with Crippen molar-refractivity contribution in [3.63, 3.8) is 0 Å². The lowest BCUT2D eigenvalue weighted by atomic mass is 10.1. The summed E-state index contributed by atoms with van der Waals surface area (Å²) in [6.07, 6.45) is -1.70. The lowest BCUT2D eigenvalue weighted by molar-refractivity contribution is -0.142. The Morgan fingerprint density at radius 2 is 1.96 bits per heavy atom. The molecule has 122 valence electrons. The zero-order valence-electron chi connectivity index (χ0n) is 12.2. The predicted octanol–water partition coefficient (Wildman–Crippen LogP) is 3.19. The largest absolute Gasteiger partial charge is 0.434 e. The van der Waals surface area contributed by atoms with E-state index in [0.29, 0.717) is 6.42 Å². The zero-order chi connectivity index (χ0) is 16.9. The Labute approximate surface area is 135 Å². The van der Waals surface area contributed by atoms with E-state index >= 15 is 0 Å². The molecule has 2 rings (SSSR count). The van der Waals surface area contributed by atoms with Crippen molar-refractivity contribution in [1.29, 1.82) is 0 Å². The van der Waals surface area contributed by atoms with Crippen molar-refractivity contribution < 1.29 is 18.0 Å². The number of aromatic nitrogens is 2. The van der Waals surface area contributed by atoms with E-state index < -0.39 is 23.3 Å². The molecule has 0 bridgehead atoms. The summed E-state index contributed by atoms with van der Waals surface area (Å²) < 4.78 is 39.1. The van der Waals surface area contributed by atoms with Crippen LogP contribution in [-0.4, -0.2) is 28.7 Å². The SMILES string of the molecule is CSc1ncc(C(=O)NCCc2ccccc2)c(C(F)(F)F)n1. The van der Waals surface area contributed by atoms with E-state index in [1.54, 1.807) is 6.26 Å². The van der Waals surface area contributed by atoms with Gasteiger partial charge in [-0.3, -0.25) is 4.79 Å². The number of alkyl halides is 3. The number of hydrogen-bond acceptors (Lipinski definition) is 4. The minimum Gasteiger partial charge on any atom is -0.352 e. The molecule has 0 fully saturated rings. The van der Waals surface area contributed by atoms with Gasteiger partial charge in [-0.25, -0.2) is 9.97 Å². The second-order valence-corrected chi connectivity index (χ2v) is 5.38. The number of benzene rings is 1. The first-order valence-corrected chi connectivity index (χ1v) is 7.94. The van der Waals surface area contributed by atoms with Crippen molar-refractivity contribution in [2.24, 2.45) is 0 Å². The third-order valence-electron chi connectivity index (χ3n) is 3.00. The van der Waals surface area contributed by atoms with Crippen molar-refractivity contribution in [1.82, 2.24) is 15.3 Å². The van der Waals surface area contributed by atoms with Crippen LogP contribution in [0.4, 0.5) is 13.2 Å². The summed E-state index contributed by atoms with van der Waals surface area (Å²) in [6, 6.07) is 9.33. The molecule has 1 aromatic carbocycles. The highest BCUT2D eigenvalue weighted by molar-refractivity contribution is 7.98. The summed E-state index contributed by atoms with van der Waals surface area (Å²) in [5.74, 6) is -0.832. The first-order chi connectivity index (χ1) is 10.9. The number of nitrogens with one attached hydrogen (secondary N) is 1. The van der Waals surface area contributed by atoms with E-state index in [-0.39, 0.29) is 11.7 Å². The quantitative estimate of drug-likeness (QED) is 0.670. The third kappa shape index (κ3) is 4.69. The maximum Gasteiger partial charge on any atom is 0.434 e. The molecule has 2 aromatic rings. The van der Waals surface area contributed by atoms with Crippen LogP contribution < -0.4 is 5.32 Å². The van der Waals surface area contributed by atoms with Gasteiger partial charge in [0.05, 0.1) is 5.56 Å². The number of rotatable bonds is 5. The van der Waals surface area contributed by atoms with E-state index in [1.807, 2.05) is 30.3 Å². The Balaban J connectivity index is 2.09. The summed E-state index contributed by atoms with van der Waals surface area (Å²) in [6.45, 7) is 0.227. The van der Waals surface area contributed by atoms with Crippen LogP contribution in [0.25, 0.3) is 0 Å². The molecular formula is C15H14F3N3OS. The van der Waals surface area contributed by atoms with Gasteiger partial charge < -0.3 is 5.32 Å². The Kier molecular flexibility index (Phi) is 5.59. The fourth-order valence-electron chi connectivity index (χ4n) is 1.91. The maximum absolute atomic E-state index is 13.0. The highest BCUT2D eigenvalue weighted by Gasteiger charge is 2.38. The van der Waals surface area contributed by atoms with Gasteiger partial charge in [-0.1, -0.05) is 42.1 Å². The summed E-state index contributed by atoms with van der Waals surface area (Å²) in [5.41, 5.74) is -0.796. The summed E-state index contributed by atoms with van der Waals surface area (Å²) >= 11 is 0.981. The average Bonchev–Trinajstić information content (AvgIpc) is 2.54. The molecular weight excluding hydrogens is 327 g/mol. The summed E-state index contributed by atoms with van der Waals surface area (Å²) in [5, 5.41) is 2.44. The molecule has 1 heterocycles. The fraction of sp³-hybridized carbons (Fsp3) is 0.267. The van der Waals surface area contributed by atoms with Crippen LogP contribution in [0.5, 0.6) is 0 Å². The molecule has 0 aliphatic heterocycles. The van der Waals surface area contributed by atoms with Gasteiger partial charge in [0, 0.05) is 12.7 Å². The van der Waals surface area contributed by atoms with Gasteiger partial charge in [-0.2, -0.15) is 13.2 Å². The van der Waals surface area contributed by atoms with E-state index in [2.05, 4.69) is 15.3 Å². The van der Waals surface area contributed by atoms with Crippen molar-refractivity contribution in [2.45, 2.75) is 17.8 Å². The number of carbonyl (C=O) groups is 1. The molecule has 0 atom stereocenters. The fourth-order valence-corrected chi connectivity index (χ4v) is 2.25. The minimum absolute atomic E-state index is 0.0295. The molecule has 1 aromatic heterocycles. The highest BCUT2D eigenvalue weighted by atomic mass is 32.2. The molecule has 0 spiro atoms. The van der Waals surface area contributed by atoms with Gasteiger partial charge >= 0.3 is 6.18 Å². The van der Waals surface area contributed by atoms with Crippen molar-refractivity contribution in [3.8, 4) is 0 Å². The van der Waals surface area contributed by atoms with Gasteiger partial charge in [0.15, 0.2) is 10.9 Å². The molecule has 0 unspecified atom stereocenters. The van der Waals surface area contributed by atoms with E-state index in [1.165, 1.54) is 0 Å². The van der Waals surface area contributed by atoms with Crippen LogP contribution in [0.15, 0.2) is 41.7 Å². The van der Waals surface area contributed by atoms with E-state index in [4.69, 9.17) is 0 Å². The number of carbonyl (C=O) groups excluding carboxylic acids is 1. The molecule has 8 heteroatoms. The van der Waals surface area contributed by atoms with Gasteiger partial charge in [0.1, 0.15) is 0 Å². The molecule has 0 aliphatic carbocycles. The van der Waals surface area contributed by atoms with Crippen molar-refractivity contribution >= 4 is 17.7 Å². The minimum atomic E-state index is -4.71. The molecule has 23 heavy (non-hydrogen) atoms. The van der Waals surface area contributed by atoms with Gasteiger partial charge in [0.2, 0.25) is 0 Å². The van der Waals surface area contributed by atoms with Crippen LogP contribution in [0.1, 0.15) is 21.6 Å². The predicted molar refractivity (Wildman–Crippen MR) is 81.3 cm³/mol. The van der Waals surface area contributed by atoms with Crippen LogP contribution in [-0.2, 0) is 12.6 Å². The van der Waals surface area contributed by atoms with Gasteiger partial charge in [-0.15, -0.1) is 0 Å². The van der Waals surface area contributed by atoms with Gasteiger partial charge in [0.25, 0.3) is 5.91 Å². The lowest BCUT2D eigenvalue weighted by Crippen LogP contribution is -2.29. The highest BCUT2D eigenvalue weighted by Crippen LogP contribution is 2.31. The second kappa shape index (κ2) is 7.45. The standard InChI is InChI=1S/C15H14F3N3OS/c1-23-14-20-9-11(12(21-14)15(16,17)18)13(22)19-8-7-10-5-3-2-4-6-10/h2-6,9H,7-8H2,1H3,(H,19,22). The Morgan fingerprint density at radius 3 is 2.57 bits per heavy atom. The maximum atomic E-state index is 13.0. The first kappa shape index (κ1) is 17.3. The van der Waals surface area contributed by atoms with Crippen LogP contribution in [0.3, 0.4) is 0 Å². The van der Waals surface area contributed by atoms with Gasteiger partial charge in [-0.05, 0) is 18.2 Å². The monoisotopic (exact) mass is 341 g/mol. The number of thioether (sulfide) groups is 1. The molecule has 0 saturated heterocycles. The first-order valence-electron chi connectivity index (χ1n) is 6.72. The lowest BCUT2D eigenvalue weighted by Gasteiger charge is -2.12. The van der Waals surface area contributed by atoms with E-state index in [0.717, 1.165) is 23.5 Å². The second-order valence-electron chi connectivity index (χ2n) is 4.61.